The molecule has 0 N–H and O–H groups in total. The van der Waals surface area contributed by atoms with Crippen LogP contribution in [-0.4, -0.2) is 36.3 Å². The van der Waals surface area contributed by atoms with Crippen LogP contribution in [0.5, 0.6) is 5.75 Å². The molecule has 1 aromatic carbocycles. The van der Waals surface area contributed by atoms with Gasteiger partial charge in [0, 0.05) is 30.5 Å². The molecule has 1 heterocycles. The van der Waals surface area contributed by atoms with E-state index in [2.05, 4.69) is 11.8 Å². The van der Waals surface area contributed by atoms with Gasteiger partial charge in [-0.1, -0.05) is 13.3 Å². The van der Waals surface area contributed by atoms with Crippen LogP contribution in [0.3, 0.4) is 0 Å². The van der Waals surface area contributed by atoms with E-state index < -0.39 is 0 Å². The first-order valence-electron chi connectivity index (χ1n) is 10.1. The molecule has 4 rings (SSSR count). The summed E-state index contributed by atoms with van der Waals surface area (Å²) >= 11 is 0. The van der Waals surface area contributed by atoms with E-state index in [9.17, 15) is 9.59 Å². The van der Waals surface area contributed by atoms with Gasteiger partial charge in [0.25, 0.3) is 5.91 Å². The average molecular weight is 355 g/mol. The summed E-state index contributed by atoms with van der Waals surface area (Å²) in [7, 11) is 1.64. The third-order valence-electron chi connectivity index (χ3n) is 7.09. The molecule has 3 aliphatic rings. The minimum atomic E-state index is 0.140. The van der Waals surface area contributed by atoms with Gasteiger partial charge in [0.15, 0.2) is 0 Å². The van der Waals surface area contributed by atoms with Gasteiger partial charge in [0.1, 0.15) is 11.5 Å². The van der Waals surface area contributed by atoms with Crippen LogP contribution in [0.15, 0.2) is 24.3 Å². The number of ketones is 1. The summed E-state index contributed by atoms with van der Waals surface area (Å²) in [5.74, 6) is 3.10. The van der Waals surface area contributed by atoms with Gasteiger partial charge in [-0.05, 0) is 67.7 Å². The van der Waals surface area contributed by atoms with Crippen LogP contribution in [0.4, 0.5) is 0 Å². The van der Waals surface area contributed by atoms with E-state index in [1.807, 2.05) is 24.3 Å². The number of benzene rings is 1. The molecular weight excluding hydrogens is 326 g/mol. The molecule has 26 heavy (non-hydrogen) atoms. The molecule has 0 spiro atoms. The van der Waals surface area contributed by atoms with Gasteiger partial charge in [0.2, 0.25) is 0 Å². The van der Waals surface area contributed by atoms with Gasteiger partial charge in [-0.15, -0.1) is 0 Å². The molecule has 0 bridgehead atoms. The van der Waals surface area contributed by atoms with Gasteiger partial charge in [-0.25, -0.2) is 0 Å². The number of hydrogen-bond donors (Lipinski definition) is 0. The lowest BCUT2D eigenvalue weighted by molar-refractivity contribution is -0.137. The predicted molar refractivity (Wildman–Crippen MR) is 100 cm³/mol. The summed E-state index contributed by atoms with van der Waals surface area (Å²) in [6, 6.07) is 7.76. The van der Waals surface area contributed by atoms with Crippen molar-refractivity contribution in [3.05, 3.63) is 29.8 Å². The smallest absolute Gasteiger partial charge is 0.254 e. The van der Waals surface area contributed by atoms with Gasteiger partial charge < -0.3 is 9.64 Å². The number of hydrogen-bond acceptors (Lipinski definition) is 3. The first-order chi connectivity index (χ1) is 12.6. The van der Waals surface area contributed by atoms with E-state index in [1.54, 1.807) is 7.11 Å². The molecule has 2 aliphatic carbocycles. The monoisotopic (exact) mass is 355 g/mol. The molecule has 0 radical (unpaired) electrons. The molecule has 1 saturated heterocycles. The zero-order chi connectivity index (χ0) is 18.3. The van der Waals surface area contributed by atoms with Crippen molar-refractivity contribution in [2.24, 2.45) is 23.7 Å². The molecule has 140 valence electrons. The van der Waals surface area contributed by atoms with Crippen molar-refractivity contribution in [3.63, 3.8) is 0 Å². The second-order valence-corrected chi connectivity index (χ2v) is 8.20. The van der Waals surface area contributed by atoms with Crippen molar-refractivity contribution < 1.29 is 14.3 Å². The van der Waals surface area contributed by atoms with E-state index in [4.69, 9.17) is 4.74 Å². The maximum atomic E-state index is 13.2. The number of carbonyl (C=O) groups is 2. The van der Waals surface area contributed by atoms with Gasteiger partial charge in [-0.2, -0.15) is 0 Å². The fourth-order valence-corrected chi connectivity index (χ4v) is 5.96. The quantitative estimate of drug-likeness (QED) is 0.825. The fraction of sp³-hybridized carbons (Fsp3) is 0.636. The van der Waals surface area contributed by atoms with E-state index >= 15 is 0 Å². The summed E-state index contributed by atoms with van der Waals surface area (Å²) in [4.78, 5) is 27.9. The maximum absolute atomic E-state index is 13.2. The van der Waals surface area contributed by atoms with Crippen molar-refractivity contribution in [3.8, 4) is 5.75 Å². The van der Waals surface area contributed by atoms with Crippen LogP contribution in [0, 0.1) is 23.7 Å². The normalized spacial score (nSPS) is 33.5. The van der Waals surface area contributed by atoms with Crippen molar-refractivity contribution in [1.82, 2.24) is 4.90 Å². The Hall–Kier alpha value is -1.84. The highest BCUT2D eigenvalue weighted by Gasteiger charge is 2.52. The number of Topliss-reactive ketones (excluding diaryl/α,β-unsaturated/α-hetero) is 1. The maximum Gasteiger partial charge on any atom is 0.254 e. The van der Waals surface area contributed by atoms with Crippen molar-refractivity contribution >= 4 is 11.7 Å². The lowest BCUT2D eigenvalue weighted by Gasteiger charge is -2.55. The van der Waals surface area contributed by atoms with Gasteiger partial charge in [0.05, 0.1) is 7.11 Å². The Balaban J connectivity index is 1.59. The highest BCUT2D eigenvalue weighted by molar-refractivity contribution is 5.94. The van der Waals surface area contributed by atoms with E-state index in [0.29, 0.717) is 29.6 Å². The van der Waals surface area contributed by atoms with E-state index in [-0.39, 0.29) is 11.8 Å². The Bertz CT molecular complexity index is 683. The summed E-state index contributed by atoms with van der Waals surface area (Å²) in [6.07, 6.45) is 6.04. The second-order valence-electron chi connectivity index (χ2n) is 8.20. The number of carbonyl (C=O) groups excluding carboxylic acids is 2. The van der Waals surface area contributed by atoms with Crippen LogP contribution in [0.25, 0.3) is 0 Å². The third-order valence-corrected chi connectivity index (χ3v) is 7.09. The Morgan fingerprint density at radius 3 is 2.65 bits per heavy atom. The average Bonchev–Trinajstić information content (AvgIpc) is 2.68. The molecule has 1 amide bonds. The number of ether oxygens (including phenoxy) is 1. The molecule has 4 heteroatoms. The van der Waals surface area contributed by atoms with Crippen molar-refractivity contribution in [2.45, 2.75) is 51.5 Å². The summed E-state index contributed by atoms with van der Waals surface area (Å²) in [5, 5.41) is 0. The third kappa shape index (κ3) is 2.83. The largest absolute Gasteiger partial charge is 0.497 e. The highest BCUT2D eigenvalue weighted by Crippen LogP contribution is 2.51. The van der Waals surface area contributed by atoms with Gasteiger partial charge in [-0.3, -0.25) is 9.59 Å². The number of amides is 1. The molecule has 1 aromatic rings. The topological polar surface area (TPSA) is 46.6 Å². The highest BCUT2D eigenvalue weighted by atomic mass is 16.5. The van der Waals surface area contributed by atoms with Crippen LogP contribution in [-0.2, 0) is 4.79 Å². The Labute approximate surface area is 155 Å². The first kappa shape index (κ1) is 17.6. The number of likely N-dealkylation sites (tertiary alicyclic amines) is 1. The molecule has 1 aliphatic heterocycles. The van der Waals surface area contributed by atoms with Gasteiger partial charge >= 0.3 is 0 Å². The molecule has 2 saturated carbocycles. The van der Waals surface area contributed by atoms with E-state index in [1.165, 1.54) is 0 Å². The minimum Gasteiger partial charge on any atom is -0.497 e. The summed E-state index contributed by atoms with van der Waals surface area (Å²) in [5.41, 5.74) is 0.741. The summed E-state index contributed by atoms with van der Waals surface area (Å²) in [6.45, 7) is 2.93. The molecule has 4 nitrogen and oxygen atoms in total. The molecular formula is C22H29NO3. The zero-order valence-corrected chi connectivity index (χ0v) is 15.8. The van der Waals surface area contributed by atoms with Crippen LogP contribution in [0.1, 0.15) is 55.8 Å². The second kappa shape index (κ2) is 7.05. The molecule has 0 aromatic heterocycles. The van der Waals surface area contributed by atoms with Crippen LogP contribution in [0.2, 0.25) is 0 Å². The minimum absolute atomic E-state index is 0.140. The standard InChI is InChI=1S/C22H29NO3/c1-3-17-18-5-4-6-19-21(18)15(13-20(17)24)11-12-23(19)22(25)14-7-9-16(26-2)10-8-14/h7-10,15,17-19,21H,3-6,11-13H2,1-2H3/t15-,17+,18+,19+,21+/m1/s1. The number of nitrogens with zero attached hydrogens (tertiary/aromatic N) is 1. The zero-order valence-electron chi connectivity index (χ0n) is 15.8. The first-order valence-corrected chi connectivity index (χ1v) is 10.1. The van der Waals surface area contributed by atoms with Crippen LogP contribution < -0.4 is 4.74 Å². The number of rotatable bonds is 3. The van der Waals surface area contributed by atoms with Crippen molar-refractivity contribution in [1.29, 1.82) is 0 Å². The van der Waals surface area contributed by atoms with Crippen LogP contribution >= 0.6 is 0 Å². The SMILES string of the molecule is CC[C@@H]1C(=O)C[C@H]2CCN(C(=O)c3ccc(OC)cc3)[C@H]3CCC[C@@H]1[C@H]23. The Morgan fingerprint density at radius 2 is 1.96 bits per heavy atom. The predicted octanol–water partition coefficient (Wildman–Crippen LogP) is 3.94. The number of methoxy groups -OCH3 is 1. The molecule has 5 atom stereocenters. The van der Waals surface area contributed by atoms with E-state index in [0.717, 1.165) is 56.4 Å². The summed E-state index contributed by atoms with van der Waals surface area (Å²) < 4.78 is 5.21. The van der Waals surface area contributed by atoms with Crippen molar-refractivity contribution in [2.75, 3.05) is 13.7 Å². The number of piperidine rings is 1. The lowest BCUT2D eigenvalue weighted by Crippen LogP contribution is -2.59. The molecule has 0 unspecified atom stereocenters. The Kier molecular flexibility index (Phi) is 4.76. The Morgan fingerprint density at radius 1 is 1.19 bits per heavy atom. The fourth-order valence-electron chi connectivity index (χ4n) is 5.96. The lowest BCUT2D eigenvalue weighted by atomic mass is 9.56. The molecule has 3 fully saturated rings.